The molecule has 0 saturated carbocycles. The summed E-state index contributed by atoms with van der Waals surface area (Å²) in [6.07, 6.45) is 0. The van der Waals surface area contributed by atoms with E-state index in [9.17, 15) is 9.59 Å². The Labute approximate surface area is 91.1 Å². The van der Waals surface area contributed by atoms with Crippen molar-refractivity contribution in [2.24, 2.45) is 0 Å². The number of carbonyl (C=O) groups is 2. The SMILES string of the molecule is O=C(O)CN1Cc2c(Cl)cccc2C1=O. The fourth-order valence-electron chi connectivity index (χ4n) is 1.64. The smallest absolute Gasteiger partial charge is 0.323 e. The highest BCUT2D eigenvalue weighted by Gasteiger charge is 2.29. The molecule has 4 nitrogen and oxygen atoms in total. The average molecular weight is 226 g/mol. The van der Waals surface area contributed by atoms with E-state index in [1.807, 2.05) is 0 Å². The molecule has 1 aliphatic heterocycles. The predicted octanol–water partition coefficient (Wildman–Crippen LogP) is 1.38. The van der Waals surface area contributed by atoms with Crippen LogP contribution in [-0.2, 0) is 11.3 Å². The molecule has 0 radical (unpaired) electrons. The van der Waals surface area contributed by atoms with Gasteiger partial charge in [0.15, 0.2) is 0 Å². The van der Waals surface area contributed by atoms with Gasteiger partial charge in [0.25, 0.3) is 5.91 Å². The van der Waals surface area contributed by atoms with Crippen molar-refractivity contribution >= 4 is 23.5 Å². The summed E-state index contributed by atoms with van der Waals surface area (Å²) in [5.74, 6) is -1.29. The molecule has 0 bridgehead atoms. The van der Waals surface area contributed by atoms with Crippen molar-refractivity contribution in [1.82, 2.24) is 4.90 Å². The van der Waals surface area contributed by atoms with Crippen molar-refractivity contribution in [3.05, 3.63) is 34.3 Å². The van der Waals surface area contributed by atoms with Gasteiger partial charge in [-0.05, 0) is 12.1 Å². The second kappa shape index (κ2) is 3.55. The van der Waals surface area contributed by atoms with Gasteiger partial charge in [0.05, 0.1) is 0 Å². The molecule has 1 aromatic carbocycles. The number of amides is 1. The van der Waals surface area contributed by atoms with Gasteiger partial charge in [0, 0.05) is 22.7 Å². The van der Waals surface area contributed by atoms with E-state index in [4.69, 9.17) is 16.7 Å². The van der Waals surface area contributed by atoms with Crippen LogP contribution in [0.4, 0.5) is 0 Å². The van der Waals surface area contributed by atoms with Crippen LogP contribution in [0.1, 0.15) is 15.9 Å². The van der Waals surface area contributed by atoms with Crippen LogP contribution >= 0.6 is 11.6 Å². The molecule has 0 aromatic heterocycles. The third-order valence-electron chi connectivity index (χ3n) is 2.31. The Bertz CT molecular complexity index is 444. The van der Waals surface area contributed by atoms with E-state index >= 15 is 0 Å². The number of fused-ring (bicyclic) bond motifs is 1. The molecule has 1 heterocycles. The normalized spacial score (nSPS) is 14.2. The predicted molar refractivity (Wildman–Crippen MR) is 53.8 cm³/mol. The fraction of sp³-hybridized carbons (Fsp3) is 0.200. The first kappa shape index (κ1) is 9.98. The molecule has 0 spiro atoms. The molecule has 0 aliphatic carbocycles. The first-order chi connectivity index (χ1) is 7.09. The van der Waals surface area contributed by atoms with Crippen LogP contribution in [0.15, 0.2) is 18.2 Å². The van der Waals surface area contributed by atoms with E-state index in [2.05, 4.69) is 0 Å². The van der Waals surface area contributed by atoms with E-state index in [1.165, 1.54) is 4.90 Å². The Morgan fingerprint density at radius 3 is 2.87 bits per heavy atom. The van der Waals surface area contributed by atoms with Crippen molar-refractivity contribution in [3.8, 4) is 0 Å². The first-order valence-corrected chi connectivity index (χ1v) is 4.76. The third-order valence-corrected chi connectivity index (χ3v) is 2.67. The van der Waals surface area contributed by atoms with Gasteiger partial charge in [-0.15, -0.1) is 0 Å². The zero-order valence-corrected chi connectivity index (χ0v) is 8.49. The molecule has 0 fully saturated rings. The lowest BCUT2D eigenvalue weighted by molar-refractivity contribution is -0.137. The van der Waals surface area contributed by atoms with Gasteiger partial charge >= 0.3 is 5.97 Å². The van der Waals surface area contributed by atoms with Crippen LogP contribution in [0.5, 0.6) is 0 Å². The third kappa shape index (κ3) is 1.68. The molecule has 1 amide bonds. The molecule has 78 valence electrons. The highest BCUT2D eigenvalue weighted by Crippen LogP contribution is 2.28. The second-order valence-electron chi connectivity index (χ2n) is 3.32. The van der Waals surface area contributed by atoms with Crippen LogP contribution in [0, 0.1) is 0 Å². The summed E-state index contributed by atoms with van der Waals surface area (Å²) in [7, 11) is 0. The quantitative estimate of drug-likeness (QED) is 0.827. The van der Waals surface area contributed by atoms with Crippen molar-refractivity contribution in [2.45, 2.75) is 6.54 Å². The van der Waals surface area contributed by atoms with Crippen LogP contribution in [0.3, 0.4) is 0 Å². The molecule has 15 heavy (non-hydrogen) atoms. The molecule has 1 aromatic rings. The van der Waals surface area contributed by atoms with E-state index in [-0.39, 0.29) is 19.0 Å². The van der Waals surface area contributed by atoms with Crippen molar-refractivity contribution in [1.29, 1.82) is 0 Å². The number of nitrogens with zero attached hydrogens (tertiary/aromatic N) is 1. The zero-order valence-electron chi connectivity index (χ0n) is 7.74. The number of hydrogen-bond donors (Lipinski definition) is 1. The molecule has 0 atom stereocenters. The summed E-state index contributed by atoms with van der Waals surface area (Å²) in [5, 5.41) is 9.12. The lowest BCUT2D eigenvalue weighted by Gasteiger charge is -2.11. The van der Waals surface area contributed by atoms with Gasteiger partial charge in [0.1, 0.15) is 6.54 Å². The van der Waals surface area contributed by atoms with Crippen molar-refractivity contribution < 1.29 is 14.7 Å². The van der Waals surface area contributed by atoms with E-state index < -0.39 is 5.97 Å². The number of hydrogen-bond acceptors (Lipinski definition) is 2. The van der Waals surface area contributed by atoms with Crippen LogP contribution in [-0.4, -0.2) is 28.4 Å². The van der Waals surface area contributed by atoms with Gasteiger partial charge in [0.2, 0.25) is 0 Å². The van der Waals surface area contributed by atoms with Gasteiger partial charge < -0.3 is 10.0 Å². The molecule has 5 heteroatoms. The Morgan fingerprint density at radius 1 is 1.53 bits per heavy atom. The lowest BCUT2D eigenvalue weighted by Crippen LogP contribution is -2.29. The average Bonchev–Trinajstić information content (AvgIpc) is 2.46. The summed E-state index contributed by atoms with van der Waals surface area (Å²) in [5.41, 5.74) is 1.22. The minimum atomic E-state index is -1.02. The topological polar surface area (TPSA) is 57.6 Å². The fourth-order valence-corrected chi connectivity index (χ4v) is 1.88. The van der Waals surface area contributed by atoms with Crippen LogP contribution in [0.25, 0.3) is 0 Å². The van der Waals surface area contributed by atoms with Gasteiger partial charge in [-0.25, -0.2) is 0 Å². The number of carboxylic acids is 1. The summed E-state index contributed by atoms with van der Waals surface area (Å²) < 4.78 is 0. The summed E-state index contributed by atoms with van der Waals surface area (Å²) in [4.78, 5) is 23.5. The Morgan fingerprint density at radius 2 is 2.27 bits per heavy atom. The summed E-state index contributed by atoms with van der Waals surface area (Å²) in [6, 6.07) is 5.03. The standard InChI is InChI=1S/C10H8ClNO3/c11-8-3-1-2-6-7(8)4-12(10(6)15)5-9(13)14/h1-3H,4-5H2,(H,13,14). The zero-order chi connectivity index (χ0) is 11.0. The Hall–Kier alpha value is -1.55. The number of rotatable bonds is 2. The number of carboxylic acid groups (broad SMARTS) is 1. The maximum atomic E-state index is 11.7. The summed E-state index contributed by atoms with van der Waals surface area (Å²) >= 11 is 5.91. The van der Waals surface area contributed by atoms with Crippen molar-refractivity contribution in [2.75, 3.05) is 6.54 Å². The van der Waals surface area contributed by atoms with Gasteiger partial charge in [-0.3, -0.25) is 9.59 Å². The largest absolute Gasteiger partial charge is 0.480 e. The van der Waals surface area contributed by atoms with Crippen LogP contribution < -0.4 is 0 Å². The minimum Gasteiger partial charge on any atom is -0.480 e. The molecule has 0 saturated heterocycles. The highest BCUT2D eigenvalue weighted by molar-refractivity contribution is 6.32. The molecule has 1 aliphatic rings. The lowest BCUT2D eigenvalue weighted by atomic mass is 10.1. The number of carbonyl (C=O) groups excluding carboxylic acids is 1. The maximum Gasteiger partial charge on any atom is 0.323 e. The van der Waals surface area contributed by atoms with Gasteiger partial charge in [-0.2, -0.15) is 0 Å². The molecule has 0 unspecified atom stereocenters. The minimum absolute atomic E-state index is 0.269. The number of halogens is 1. The van der Waals surface area contributed by atoms with Gasteiger partial charge in [-0.1, -0.05) is 17.7 Å². The molecular weight excluding hydrogens is 218 g/mol. The van der Waals surface area contributed by atoms with E-state index in [0.29, 0.717) is 16.1 Å². The summed E-state index contributed by atoms with van der Waals surface area (Å²) in [6.45, 7) is -0.00994. The highest BCUT2D eigenvalue weighted by atomic mass is 35.5. The van der Waals surface area contributed by atoms with E-state index in [0.717, 1.165) is 0 Å². The first-order valence-electron chi connectivity index (χ1n) is 4.38. The van der Waals surface area contributed by atoms with Crippen LogP contribution in [0.2, 0.25) is 5.02 Å². The molecule has 2 rings (SSSR count). The molecular formula is C10H8ClNO3. The number of aliphatic carboxylic acids is 1. The van der Waals surface area contributed by atoms with Crippen molar-refractivity contribution in [3.63, 3.8) is 0 Å². The van der Waals surface area contributed by atoms with E-state index in [1.54, 1.807) is 18.2 Å². The second-order valence-corrected chi connectivity index (χ2v) is 3.73. The Balaban J connectivity index is 2.33. The number of benzene rings is 1. The maximum absolute atomic E-state index is 11.7. The Kier molecular flexibility index (Phi) is 2.36. The monoisotopic (exact) mass is 225 g/mol. The molecule has 1 N–H and O–H groups in total.